The number of aliphatic hydroxyl groups is 2. The fraction of sp³-hybridized carbons (Fsp3) is 0.643. The summed E-state index contributed by atoms with van der Waals surface area (Å²) in [5, 5.41) is 33.4. The number of carboxylic acid groups (broad SMARTS) is 1. The van der Waals surface area contributed by atoms with Crippen molar-refractivity contribution in [2.24, 2.45) is 11.5 Å². The van der Waals surface area contributed by atoms with E-state index in [1.54, 1.807) is 0 Å². The number of aliphatic carboxylic acids is 1. The van der Waals surface area contributed by atoms with Gasteiger partial charge in [0.1, 0.15) is 24.2 Å². The number of nitrogens with two attached hydrogens (primary N) is 2. The molecule has 4 atom stereocenters. The number of nitrogens with one attached hydrogen (secondary N) is 3. The molecule has 0 aromatic heterocycles. The van der Waals surface area contributed by atoms with Crippen LogP contribution in [0.5, 0.6) is 0 Å². The molecule has 4 amide bonds. The van der Waals surface area contributed by atoms with E-state index >= 15 is 0 Å². The van der Waals surface area contributed by atoms with Gasteiger partial charge in [0.25, 0.3) is 0 Å². The van der Waals surface area contributed by atoms with E-state index < -0.39 is 67.0 Å². The number of carbonyl (C=O) groups excluding carboxylic acids is 4. The fourth-order valence-electron chi connectivity index (χ4n) is 1.78. The summed E-state index contributed by atoms with van der Waals surface area (Å²) in [7, 11) is 0. The van der Waals surface area contributed by atoms with Crippen LogP contribution in [0, 0.1) is 0 Å². The predicted octanol–water partition coefficient (Wildman–Crippen LogP) is -4.88. The summed E-state index contributed by atoms with van der Waals surface area (Å²) < 4.78 is 0. The Morgan fingerprint density at radius 3 is 1.89 bits per heavy atom. The maximum Gasteiger partial charge on any atom is 0.326 e. The molecule has 13 nitrogen and oxygen atoms in total. The lowest BCUT2D eigenvalue weighted by atomic mass is 10.1. The highest BCUT2D eigenvalue weighted by Crippen LogP contribution is 1.99. The highest BCUT2D eigenvalue weighted by molar-refractivity contribution is 5.94. The van der Waals surface area contributed by atoms with E-state index in [9.17, 15) is 29.1 Å². The third-order valence-electron chi connectivity index (χ3n) is 3.40. The van der Waals surface area contributed by atoms with Gasteiger partial charge in [0.2, 0.25) is 23.6 Å². The maximum atomic E-state index is 12.0. The molecule has 0 aromatic rings. The minimum Gasteiger partial charge on any atom is -0.480 e. The second-order valence-corrected chi connectivity index (χ2v) is 5.67. The van der Waals surface area contributed by atoms with Crippen molar-refractivity contribution >= 4 is 29.6 Å². The van der Waals surface area contributed by atoms with Crippen molar-refractivity contribution in [1.82, 2.24) is 16.0 Å². The molecule has 0 saturated carbocycles. The molecule has 0 aromatic carbocycles. The van der Waals surface area contributed by atoms with Crippen LogP contribution in [0.1, 0.15) is 19.8 Å². The molecule has 154 valence electrons. The lowest BCUT2D eigenvalue weighted by Gasteiger charge is -2.22. The first-order valence-corrected chi connectivity index (χ1v) is 7.93. The number of rotatable bonds is 12. The number of hydrogen-bond donors (Lipinski definition) is 8. The molecule has 0 fully saturated rings. The largest absolute Gasteiger partial charge is 0.480 e. The molecule has 0 spiro atoms. The van der Waals surface area contributed by atoms with Gasteiger partial charge in [-0.1, -0.05) is 0 Å². The Morgan fingerprint density at radius 2 is 1.44 bits per heavy atom. The van der Waals surface area contributed by atoms with Crippen molar-refractivity contribution in [3.05, 3.63) is 0 Å². The minimum absolute atomic E-state index is 0.231. The average Bonchev–Trinajstić information content (AvgIpc) is 2.60. The van der Waals surface area contributed by atoms with Gasteiger partial charge in [0.05, 0.1) is 13.2 Å². The van der Waals surface area contributed by atoms with E-state index in [-0.39, 0.29) is 12.8 Å². The smallest absolute Gasteiger partial charge is 0.326 e. The molecule has 0 aliphatic rings. The first kappa shape index (κ1) is 24.2. The van der Waals surface area contributed by atoms with Gasteiger partial charge in [-0.05, 0) is 13.3 Å². The van der Waals surface area contributed by atoms with Crippen molar-refractivity contribution in [2.75, 3.05) is 13.2 Å². The predicted molar refractivity (Wildman–Crippen MR) is 89.7 cm³/mol. The van der Waals surface area contributed by atoms with Crippen molar-refractivity contribution in [3.63, 3.8) is 0 Å². The summed E-state index contributed by atoms with van der Waals surface area (Å²) in [6.45, 7) is -0.233. The molecule has 10 N–H and O–H groups in total. The van der Waals surface area contributed by atoms with Crippen LogP contribution in [0.15, 0.2) is 0 Å². The zero-order chi connectivity index (χ0) is 21.1. The number of primary amides is 1. The third kappa shape index (κ3) is 8.94. The van der Waals surface area contributed by atoms with Gasteiger partial charge in [-0.2, -0.15) is 0 Å². The Labute approximate surface area is 154 Å². The molecule has 0 bridgehead atoms. The topological polar surface area (TPSA) is 234 Å². The first-order valence-electron chi connectivity index (χ1n) is 7.93. The summed E-state index contributed by atoms with van der Waals surface area (Å²) in [5.41, 5.74) is 10.2. The maximum absolute atomic E-state index is 12.0. The Balaban J connectivity index is 4.77. The van der Waals surface area contributed by atoms with Crippen molar-refractivity contribution in [1.29, 1.82) is 0 Å². The van der Waals surface area contributed by atoms with Gasteiger partial charge in [0, 0.05) is 6.42 Å². The lowest BCUT2D eigenvalue weighted by Crippen LogP contribution is -2.57. The first-order chi connectivity index (χ1) is 12.5. The molecular weight excluding hydrogens is 366 g/mol. The molecule has 0 rings (SSSR count). The van der Waals surface area contributed by atoms with Gasteiger partial charge in [-0.25, -0.2) is 4.79 Å². The van der Waals surface area contributed by atoms with Gasteiger partial charge in [-0.15, -0.1) is 0 Å². The molecule has 0 heterocycles. The van der Waals surface area contributed by atoms with E-state index in [0.29, 0.717) is 0 Å². The second kappa shape index (κ2) is 11.8. The number of carbonyl (C=O) groups is 5. The van der Waals surface area contributed by atoms with Crippen molar-refractivity contribution < 1.29 is 39.3 Å². The van der Waals surface area contributed by atoms with Crippen molar-refractivity contribution in [2.45, 2.75) is 43.9 Å². The molecule has 0 aliphatic carbocycles. The third-order valence-corrected chi connectivity index (χ3v) is 3.40. The highest BCUT2D eigenvalue weighted by atomic mass is 16.4. The van der Waals surface area contributed by atoms with Crippen LogP contribution >= 0.6 is 0 Å². The Morgan fingerprint density at radius 1 is 0.889 bits per heavy atom. The molecule has 0 saturated heterocycles. The minimum atomic E-state index is -1.43. The summed E-state index contributed by atoms with van der Waals surface area (Å²) >= 11 is 0. The van der Waals surface area contributed by atoms with Gasteiger partial charge < -0.3 is 42.7 Å². The van der Waals surface area contributed by atoms with Crippen LogP contribution in [-0.4, -0.2) is 82.3 Å². The SMILES string of the molecule is CC(NC(=O)C(CO)NC(=O)C(N)CO)C(=O)NC(CCC(N)=O)C(=O)O. The van der Waals surface area contributed by atoms with E-state index in [1.807, 2.05) is 0 Å². The van der Waals surface area contributed by atoms with Crippen LogP contribution in [-0.2, 0) is 24.0 Å². The lowest BCUT2D eigenvalue weighted by molar-refractivity contribution is -0.142. The van der Waals surface area contributed by atoms with E-state index in [4.69, 9.17) is 21.7 Å². The van der Waals surface area contributed by atoms with Crippen molar-refractivity contribution in [3.8, 4) is 0 Å². The zero-order valence-corrected chi connectivity index (χ0v) is 14.7. The number of hydrogen-bond acceptors (Lipinski definition) is 8. The summed E-state index contributed by atoms with van der Waals surface area (Å²) in [6, 6.07) is -5.34. The molecule has 27 heavy (non-hydrogen) atoms. The normalized spacial score (nSPS) is 15.0. The average molecular weight is 391 g/mol. The van der Waals surface area contributed by atoms with Crippen LogP contribution in [0.3, 0.4) is 0 Å². The van der Waals surface area contributed by atoms with Crippen LogP contribution in [0.4, 0.5) is 0 Å². The van der Waals surface area contributed by atoms with Crippen LogP contribution < -0.4 is 27.4 Å². The van der Waals surface area contributed by atoms with E-state index in [2.05, 4.69) is 16.0 Å². The summed E-state index contributed by atoms with van der Waals surface area (Å²) in [4.78, 5) is 57.4. The monoisotopic (exact) mass is 391 g/mol. The highest BCUT2D eigenvalue weighted by Gasteiger charge is 2.27. The Kier molecular flexibility index (Phi) is 10.6. The fourth-order valence-corrected chi connectivity index (χ4v) is 1.78. The van der Waals surface area contributed by atoms with Crippen LogP contribution in [0.25, 0.3) is 0 Å². The van der Waals surface area contributed by atoms with E-state index in [1.165, 1.54) is 6.92 Å². The number of amides is 4. The molecule has 13 heteroatoms. The number of carboxylic acids is 1. The van der Waals surface area contributed by atoms with E-state index in [0.717, 1.165) is 0 Å². The van der Waals surface area contributed by atoms with Gasteiger partial charge in [0.15, 0.2) is 0 Å². The van der Waals surface area contributed by atoms with Gasteiger partial charge in [-0.3, -0.25) is 19.2 Å². The van der Waals surface area contributed by atoms with Crippen LogP contribution in [0.2, 0.25) is 0 Å². The molecule has 4 unspecified atom stereocenters. The van der Waals surface area contributed by atoms with Gasteiger partial charge >= 0.3 is 5.97 Å². The zero-order valence-electron chi connectivity index (χ0n) is 14.7. The molecule has 0 aliphatic heterocycles. The molecular formula is C14H25N5O8. The molecule has 0 radical (unpaired) electrons. The summed E-state index contributed by atoms with van der Waals surface area (Å²) in [5.74, 6) is -4.81. The standard InChI is InChI=1S/C14H25N5O8/c1-6(11(23)18-8(14(26)27)2-3-10(16)22)17-13(25)9(5-21)19-12(24)7(15)4-20/h6-9,20-21H,2-5,15H2,1H3,(H2,16,22)(H,17,25)(H,18,23)(H,19,24)(H,26,27). The quantitative estimate of drug-likeness (QED) is 0.159. The summed E-state index contributed by atoms with van der Waals surface area (Å²) in [6.07, 6.45) is -0.493. The second-order valence-electron chi connectivity index (χ2n) is 5.67. The Bertz CT molecular complexity index is 570. The Hall–Kier alpha value is -2.77. The number of aliphatic hydroxyl groups excluding tert-OH is 2.